The Bertz CT molecular complexity index is 420. The molecule has 68 valence electrons. The van der Waals surface area contributed by atoms with Crippen molar-refractivity contribution in [3.8, 4) is 11.1 Å². The second-order valence-corrected chi connectivity index (χ2v) is 3.03. The molecule has 0 bridgehead atoms. The average Bonchev–Trinajstić information content (AvgIpc) is 2.39. The molecule has 0 aromatic carbocycles. The summed E-state index contributed by atoms with van der Waals surface area (Å²) in [5.74, 6) is 0. The first-order chi connectivity index (χ1) is 6.86. The molecule has 0 heterocycles. The molecule has 0 radical (unpaired) electrons. The molecule has 2 heteroatoms. The number of hydrogen-bond acceptors (Lipinski definition) is 2. The Kier molecular flexibility index (Phi) is 2.11. The van der Waals surface area contributed by atoms with Gasteiger partial charge in [0, 0.05) is 11.1 Å². The van der Waals surface area contributed by atoms with Gasteiger partial charge in [-0.25, -0.2) is 0 Å². The van der Waals surface area contributed by atoms with E-state index in [4.69, 9.17) is 0 Å². The topological polar surface area (TPSA) is 34.1 Å². The summed E-state index contributed by atoms with van der Waals surface area (Å²) in [6.45, 7) is 0. The summed E-state index contributed by atoms with van der Waals surface area (Å²) in [4.78, 5) is 21.5. The SMILES string of the molecule is O=Cc1cc(C=O)c2cccccc1-2. The van der Waals surface area contributed by atoms with Gasteiger partial charge >= 0.3 is 0 Å². The summed E-state index contributed by atoms with van der Waals surface area (Å²) in [5.41, 5.74) is 2.79. The fraction of sp³-hybridized carbons (Fsp3) is 0. The standard InChI is InChI=1S/C12H8O2/c13-7-9-6-10(8-14)12-5-3-1-2-4-11(9)12/h1-8H. The highest BCUT2D eigenvalue weighted by Gasteiger charge is 2.12. The first kappa shape index (κ1) is 8.63. The Morgan fingerprint density at radius 3 is 1.71 bits per heavy atom. The third kappa shape index (κ3) is 1.21. The van der Waals surface area contributed by atoms with Gasteiger partial charge in [0.05, 0.1) is 0 Å². The Morgan fingerprint density at radius 1 is 0.786 bits per heavy atom. The highest BCUT2D eigenvalue weighted by Crippen LogP contribution is 2.29. The summed E-state index contributed by atoms with van der Waals surface area (Å²) >= 11 is 0. The van der Waals surface area contributed by atoms with Crippen molar-refractivity contribution >= 4 is 12.6 Å². The van der Waals surface area contributed by atoms with Crippen LogP contribution in [0.1, 0.15) is 20.7 Å². The van der Waals surface area contributed by atoms with Crippen LogP contribution in [-0.2, 0) is 0 Å². The maximum absolute atomic E-state index is 10.7. The van der Waals surface area contributed by atoms with Gasteiger partial charge in [0.25, 0.3) is 0 Å². The van der Waals surface area contributed by atoms with Crippen LogP contribution in [0.15, 0.2) is 36.4 Å². The number of fused-ring (bicyclic) bond motifs is 1. The summed E-state index contributed by atoms with van der Waals surface area (Å²) < 4.78 is 0. The number of hydrogen-bond donors (Lipinski definition) is 0. The van der Waals surface area contributed by atoms with Crippen LogP contribution in [0.5, 0.6) is 0 Å². The molecule has 2 rings (SSSR count). The largest absolute Gasteiger partial charge is 0.298 e. The molecule has 14 heavy (non-hydrogen) atoms. The van der Waals surface area contributed by atoms with Gasteiger partial charge in [-0.2, -0.15) is 0 Å². The van der Waals surface area contributed by atoms with E-state index in [1.807, 2.05) is 30.3 Å². The van der Waals surface area contributed by atoms with Gasteiger partial charge in [-0.05, 0) is 17.2 Å². The third-order valence-electron chi connectivity index (χ3n) is 2.23. The summed E-state index contributed by atoms with van der Waals surface area (Å²) in [6, 6.07) is 10.9. The monoisotopic (exact) mass is 184 g/mol. The van der Waals surface area contributed by atoms with Crippen molar-refractivity contribution in [3.63, 3.8) is 0 Å². The highest BCUT2D eigenvalue weighted by atomic mass is 16.1. The van der Waals surface area contributed by atoms with E-state index < -0.39 is 0 Å². The summed E-state index contributed by atoms with van der Waals surface area (Å²) in [6.07, 6.45) is 1.55. The number of carbonyl (C=O) groups excluding carboxylic acids is 2. The minimum Gasteiger partial charge on any atom is -0.298 e. The molecule has 0 aromatic heterocycles. The smallest absolute Gasteiger partial charge is 0.150 e. The fourth-order valence-corrected chi connectivity index (χ4v) is 1.57. The van der Waals surface area contributed by atoms with Crippen molar-refractivity contribution in [1.29, 1.82) is 0 Å². The molecule has 0 atom stereocenters. The summed E-state index contributed by atoms with van der Waals surface area (Å²) in [5, 5.41) is 0. The molecular formula is C12H8O2. The van der Waals surface area contributed by atoms with Crippen LogP contribution in [0.25, 0.3) is 11.1 Å². The van der Waals surface area contributed by atoms with E-state index >= 15 is 0 Å². The minimum absolute atomic E-state index is 0.568. The van der Waals surface area contributed by atoms with Gasteiger partial charge in [-0.3, -0.25) is 9.59 Å². The van der Waals surface area contributed by atoms with Crippen molar-refractivity contribution in [1.82, 2.24) is 0 Å². The van der Waals surface area contributed by atoms with Crippen LogP contribution in [0.3, 0.4) is 0 Å². The second kappa shape index (κ2) is 3.42. The van der Waals surface area contributed by atoms with E-state index in [0.29, 0.717) is 11.1 Å². The van der Waals surface area contributed by atoms with E-state index in [0.717, 1.165) is 23.7 Å². The van der Waals surface area contributed by atoms with Crippen LogP contribution in [-0.4, -0.2) is 12.6 Å². The van der Waals surface area contributed by atoms with Gasteiger partial charge < -0.3 is 0 Å². The van der Waals surface area contributed by atoms with Crippen molar-refractivity contribution < 1.29 is 9.59 Å². The molecule has 2 aliphatic carbocycles. The Morgan fingerprint density at radius 2 is 1.29 bits per heavy atom. The number of aldehydes is 2. The first-order valence-corrected chi connectivity index (χ1v) is 4.29. The first-order valence-electron chi connectivity index (χ1n) is 4.29. The quantitative estimate of drug-likeness (QED) is 0.671. The molecule has 0 saturated carbocycles. The lowest BCUT2D eigenvalue weighted by Crippen LogP contribution is -1.77. The van der Waals surface area contributed by atoms with Crippen molar-refractivity contribution in [3.05, 3.63) is 47.5 Å². The Labute approximate surface area is 81.5 Å². The van der Waals surface area contributed by atoms with Crippen LogP contribution in [0.2, 0.25) is 0 Å². The molecule has 2 aliphatic rings. The Balaban J connectivity index is 2.79. The van der Waals surface area contributed by atoms with E-state index in [1.54, 1.807) is 6.07 Å². The third-order valence-corrected chi connectivity index (χ3v) is 2.23. The molecular weight excluding hydrogens is 176 g/mol. The molecule has 0 aromatic rings. The molecule has 2 nitrogen and oxygen atoms in total. The van der Waals surface area contributed by atoms with Crippen LogP contribution < -0.4 is 0 Å². The van der Waals surface area contributed by atoms with Gasteiger partial charge in [0.2, 0.25) is 0 Å². The summed E-state index contributed by atoms with van der Waals surface area (Å²) in [7, 11) is 0. The lowest BCUT2D eigenvalue weighted by atomic mass is 10.1. The molecule has 0 N–H and O–H groups in total. The molecule has 0 spiro atoms. The highest BCUT2D eigenvalue weighted by molar-refractivity contribution is 5.99. The predicted octanol–water partition coefficient (Wildman–Crippen LogP) is 2.42. The van der Waals surface area contributed by atoms with E-state index in [9.17, 15) is 9.59 Å². The molecule has 0 unspecified atom stereocenters. The van der Waals surface area contributed by atoms with Crippen molar-refractivity contribution in [2.75, 3.05) is 0 Å². The maximum atomic E-state index is 10.7. The average molecular weight is 184 g/mol. The number of rotatable bonds is 2. The zero-order valence-electron chi connectivity index (χ0n) is 7.44. The van der Waals surface area contributed by atoms with Gasteiger partial charge in [0.15, 0.2) is 12.6 Å². The van der Waals surface area contributed by atoms with Crippen LogP contribution in [0.4, 0.5) is 0 Å². The molecule has 0 aliphatic heterocycles. The van der Waals surface area contributed by atoms with Crippen molar-refractivity contribution in [2.24, 2.45) is 0 Å². The zero-order chi connectivity index (χ0) is 9.97. The predicted molar refractivity (Wildman–Crippen MR) is 53.8 cm³/mol. The molecule has 0 fully saturated rings. The van der Waals surface area contributed by atoms with Crippen molar-refractivity contribution in [2.45, 2.75) is 0 Å². The maximum Gasteiger partial charge on any atom is 0.150 e. The van der Waals surface area contributed by atoms with Gasteiger partial charge in [-0.1, -0.05) is 30.3 Å². The fourth-order valence-electron chi connectivity index (χ4n) is 1.57. The number of carbonyl (C=O) groups is 2. The molecule has 0 amide bonds. The van der Waals surface area contributed by atoms with Gasteiger partial charge in [-0.15, -0.1) is 0 Å². The van der Waals surface area contributed by atoms with Gasteiger partial charge in [0.1, 0.15) is 0 Å². The molecule has 0 saturated heterocycles. The normalized spacial score (nSPS) is 10.0. The minimum atomic E-state index is 0.568. The van der Waals surface area contributed by atoms with E-state index in [2.05, 4.69) is 0 Å². The second-order valence-electron chi connectivity index (χ2n) is 3.03. The lowest BCUT2D eigenvalue weighted by Gasteiger charge is -1.93. The zero-order valence-corrected chi connectivity index (χ0v) is 7.44. The van der Waals surface area contributed by atoms with Crippen LogP contribution in [0, 0.1) is 0 Å². The van der Waals surface area contributed by atoms with Crippen LogP contribution >= 0.6 is 0 Å². The van der Waals surface area contributed by atoms with E-state index in [-0.39, 0.29) is 0 Å². The van der Waals surface area contributed by atoms with E-state index in [1.165, 1.54) is 0 Å². The Hall–Kier alpha value is -1.96. The lowest BCUT2D eigenvalue weighted by molar-refractivity contribution is 0.112.